The molecule has 1 N–H and O–H groups in total. The van der Waals surface area contributed by atoms with E-state index in [0.29, 0.717) is 5.92 Å². The second kappa shape index (κ2) is 3.18. The first kappa shape index (κ1) is 10.1. The maximum atomic E-state index is 12.2. The van der Waals surface area contributed by atoms with Gasteiger partial charge in [-0.15, -0.1) is 0 Å². The molecule has 15 heavy (non-hydrogen) atoms. The Labute approximate surface area is 91.1 Å². The van der Waals surface area contributed by atoms with Crippen LogP contribution in [0.5, 0.6) is 0 Å². The van der Waals surface area contributed by atoms with E-state index in [1.54, 1.807) is 0 Å². The number of nitrogens with one attached hydrogen (secondary N) is 1. The van der Waals surface area contributed by atoms with Crippen molar-refractivity contribution in [1.82, 2.24) is 9.62 Å². The summed E-state index contributed by atoms with van der Waals surface area (Å²) in [7, 11) is -2.98. The highest BCUT2D eigenvalue weighted by Crippen LogP contribution is 2.40. The topological polar surface area (TPSA) is 49.4 Å². The largest absolute Gasteiger partial charge is 0.315 e. The number of rotatable bonds is 2. The molecule has 2 aliphatic heterocycles. The quantitative estimate of drug-likeness (QED) is 0.735. The van der Waals surface area contributed by atoms with E-state index in [4.69, 9.17) is 0 Å². The molecule has 2 saturated heterocycles. The van der Waals surface area contributed by atoms with E-state index in [9.17, 15) is 8.42 Å². The van der Waals surface area contributed by atoms with Gasteiger partial charge < -0.3 is 5.32 Å². The third-order valence-electron chi connectivity index (χ3n) is 3.95. The molecular weight excluding hydrogens is 212 g/mol. The molecule has 0 bridgehead atoms. The summed E-state index contributed by atoms with van der Waals surface area (Å²) in [5.41, 5.74) is 0. The predicted molar refractivity (Wildman–Crippen MR) is 58.0 cm³/mol. The second-order valence-corrected chi connectivity index (χ2v) is 7.26. The van der Waals surface area contributed by atoms with Crippen LogP contribution in [-0.4, -0.2) is 43.1 Å². The van der Waals surface area contributed by atoms with Gasteiger partial charge in [0.05, 0.1) is 5.25 Å². The number of hydrogen-bond acceptors (Lipinski definition) is 3. The number of sulfonamides is 1. The van der Waals surface area contributed by atoms with Crippen LogP contribution in [0.3, 0.4) is 0 Å². The molecule has 3 rings (SSSR count). The van der Waals surface area contributed by atoms with Crippen molar-refractivity contribution in [1.29, 1.82) is 0 Å². The summed E-state index contributed by atoms with van der Waals surface area (Å²) in [5, 5.41) is 3.24. The standard InChI is InChI=1S/C10H18N2O2S/c1-7-4-8-5-11-6-10(8)12(7)15(13,14)9-2-3-9/h7-11H,2-6H2,1H3. The van der Waals surface area contributed by atoms with E-state index in [0.717, 1.165) is 32.4 Å². The highest BCUT2D eigenvalue weighted by atomic mass is 32.2. The first-order valence-corrected chi connectivity index (χ1v) is 7.34. The smallest absolute Gasteiger partial charge is 0.217 e. The summed E-state index contributed by atoms with van der Waals surface area (Å²) in [6.45, 7) is 3.89. The lowest BCUT2D eigenvalue weighted by Crippen LogP contribution is -2.44. The Bertz CT molecular complexity index is 364. The van der Waals surface area contributed by atoms with Crippen LogP contribution in [0.15, 0.2) is 0 Å². The zero-order valence-electron chi connectivity index (χ0n) is 9.02. The Morgan fingerprint density at radius 1 is 1.27 bits per heavy atom. The maximum Gasteiger partial charge on any atom is 0.217 e. The first-order valence-electron chi connectivity index (χ1n) is 5.84. The molecule has 0 aromatic rings. The maximum absolute atomic E-state index is 12.2. The van der Waals surface area contributed by atoms with Crippen molar-refractivity contribution in [3.05, 3.63) is 0 Å². The first-order chi connectivity index (χ1) is 7.10. The molecule has 0 amide bonds. The van der Waals surface area contributed by atoms with Crippen LogP contribution in [0.4, 0.5) is 0 Å². The van der Waals surface area contributed by atoms with E-state index >= 15 is 0 Å². The lowest BCUT2D eigenvalue weighted by Gasteiger charge is -2.26. The highest BCUT2D eigenvalue weighted by Gasteiger charge is 2.51. The predicted octanol–water partition coefficient (Wildman–Crippen LogP) is 0.161. The normalized spacial score (nSPS) is 42.1. The second-order valence-electron chi connectivity index (χ2n) is 5.14. The van der Waals surface area contributed by atoms with Crippen molar-refractivity contribution < 1.29 is 8.42 Å². The van der Waals surface area contributed by atoms with Crippen LogP contribution >= 0.6 is 0 Å². The number of nitrogens with zero attached hydrogens (tertiary/aromatic N) is 1. The molecule has 0 spiro atoms. The average molecular weight is 230 g/mol. The monoisotopic (exact) mass is 230 g/mol. The summed E-state index contributed by atoms with van der Waals surface area (Å²) in [6.07, 6.45) is 2.77. The van der Waals surface area contributed by atoms with E-state index in [1.807, 2.05) is 4.31 Å². The molecular formula is C10H18N2O2S. The minimum Gasteiger partial charge on any atom is -0.315 e. The lowest BCUT2D eigenvalue weighted by atomic mass is 10.0. The molecule has 3 atom stereocenters. The van der Waals surface area contributed by atoms with Crippen molar-refractivity contribution in [2.45, 2.75) is 43.5 Å². The highest BCUT2D eigenvalue weighted by molar-refractivity contribution is 7.90. The van der Waals surface area contributed by atoms with Gasteiger partial charge in [-0.1, -0.05) is 0 Å². The Kier molecular flexibility index (Phi) is 2.13. The SMILES string of the molecule is CC1CC2CNCC2N1S(=O)(=O)C1CC1. The number of hydrogen-bond donors (Lipinski definition) is 1. The molecule has 0 radical (unpaired) electrons. The van der Waals surface area contributed by atoms with Gasteiger partial charge in [0.25, 0.3) is 0 Å². The van der Waals surface area contributed by atoms with E-state index in [1.165, 1.54) is 0 Å². The summed E-state index contributed by atoms with van der Waals surface area (Å²) < 4.78 is 26.3. The fourth-order valence-electron chi connectivity index (χ4n) is 3.10. The van der Waals surface area contributed by atoms with E-state index < -0.39 is 10.0 Å². The Hall–Kier alpha value is -0.130. The van der Waals surface area contributed by atoms with Crippen LogP contribution in [0, 0.1) is 5.92 Å². The molecule has 2 heterocycles. The van der Waals surface area contributed by atoms with Gasteiger partial charge in [-0.25, -0.2) is 8.42 Å². The molecule has 3 aliphatic rings. The van der Waals surface area contributed by atoms with Gasteiger partial charge in [0, 0.05) is 18.6 Å². The van der Waals surface area contributed by atoms with Crippen molar-refractivity contribution in [2.75, 3.05) is 13.1 Å². The van der Waals surface area contributed by atoms with Crippen LogP contribution in [-0.2, 0) is 10.0 Å². The average Bonchev–Trinajstić information content (AvgIpc) is 2.84. The molecule has 3 unspecified atom stereocenters. The minimum atomic E-state index is -2.98. The van der Waals surface area contributed by atoms with Crippen LogP contribution in [0.1, 0.15) is 26.2 Å². The molecule has 3 fully saturated rings. The Morgan fingerprint density at radius 3 is 2.67 bits per heavy atom. The molecule has 86 valence electrons. The molecule has 1 aliphatic carbocycles. The van der Waals surface area contributed by atoms with Gasteiger partial charge in [-0.3, -0.25) is 0 Å². The zero-order chi connectivity index (χ0) is 10.6. The minimum absolute atomic E-state index is 0.0562. The molecule has 0 aromatic carbocycles. The summed E-state index contributed by atoms with van der Waals surface area (Å²) >= 11 is 0. The summed E-state index contributed by atoms with van der Waals surface area (Å²) in [4.78, 5) is 0. The molecule has 4 nitrogen and oxygen atoms in total. The summed E-state index contributed by atoms with van der Waals surface area (Å²) in [6, 6.07) is 0.457. The van der Waals surface area contributed by atoms with E-state index in [2.05, 4.69) is 12.2 Å². The van der Waals surface area contributed by atoms with Gasteiger partial charge in [-0.2, -0.15) is 4.31 Å². The van der Waals surface area contributed by atoms with Crippen molar-refractivity contribution >= 4 is 10.0 Å². The van der Waals surface area contributed by atoms with Gasteiger partial charge >= 0.3 is 0 Å². The van der Waals surface area contributed by atoms with Gasteiger partial charge in [0.1, 0.15) is 0 Å². The fraction of sp³-hybridized carbons (Fsp3) is 1.00. The Morgan fingerprint density at radius 2 is 2.00 bits per heavy atom. The zero-order valence-corrected chi connectivity index (χ0v) is 9.83. The fourth-order valence-corrected chi connectivity index (χ4v) is 5.39. The molecule has 0 aromatic heterocycles. The summed E-state index contributed by atoms with van der Waals surface area (Å²) in [5.74, 6) is 0.550. The van der Waals surface area contributed by atoms with Gasteiger partial charge in [0.2, 0.25) is 10.0 Å². The van der Waals surface area contributed by atoms with Crippen molar-refractivity contribution in [2.24, 2.45) is 5.92 Å². The Balaban J connectivity index is 1.90. The van der Waals surface area contributed by atoms with Crippen LogP contribution in [0.2, 0.25) is 0 Å². The third-order valence-corrected chi connectivity index (χ3v) is 6.48. The third kappa shape index (κ3) is 1.44. The lowest BCUT2D eigenvalue weighted by molar-refractivity contribution is 0.335. The van der Waals surface area contributed by atoms with Crippen molar-refractivity contribution in [3.63, 3.8) is 0 Å². The van der Waals surface area contributed by atoms with Crippen LogP contribution < -0.4 is 5.32 Å². The van der Waals surface area contributed by atoms with Gasteiger partial charge in [-0.05, 0) is 38.6 Å². The molecule has 5 heteroatoms. The molecule has 1 saturated carbocycles. The van der Waals surface area contributed by atoms with Crippen LogP contribution in [0.25, 0.3) is 0 Å². The van der Waals surface area contributed by atoms with Gasteiger partial charge in [0.15, 0.2) is 0 Å². The van der Waals surface area contributed by atoms with Crippen molar-refractivity contribution in [3.8, 4) is 0 Å². The van der Waals surface area contributed by atoms with E-state index in [-0.39, 0.29) is 17.3 Å². The number of fused-ring (bicyclic) bond motifs is 1.